The van der Waals surface area contributed by atoms with Gasteiger partial charge in [0.2, 0.25) is 0 Å². The Labute approximate surface area is 121 Å². The summed E-state index contributed by atoms with van der Waals surface area (Å²) < 4.78 is 5.32. The van der Waals surface area contributed by atoms with Gasteiger partial charge < -0.3 is 15.4 Å². The van der Waals surface area contributed by atoms with E-state index in [1.165, 1.54) is 12.0 Å². The van der Waals surface area contributed by atoms with Gasteiger partial charge in [-0.2, -0.15) is 0 Å². The number of nitrogens with one attached hydrogen (secondary N) is 2. The summed E-state index contributed by atoms with van der Waals surface area (Å²) in [5.41, 5.74) is 1.41. The van der Waals surface area contributed by atoms with E-state index in [4.69, 9.17) is 4.74 Å². The summed E-state index contributed by atoms with van der Waals surface area (Å²) in [6.07, 6.45) is 2.19. The first-order valence-corrected chi connectivity index (χ1v) is 7.45. The van der Waals surface area contributed by atoms with E-state index < -0.39 is 0 Å². The Hall–Kier alpha value is -1.55. The van der Waals surface area contributed by atoms with Crippen molar-refractivity contribution in [2.45, 2.75) is 31.7 Å². The highest BCUT2D eigenvalue weighted by Gasteiger charge is 2.38. The van der Waals surface area contributed by atoms with Gasteiger partial charge in [-0.1, -0.05) is 30.3 Å². The van der Waals surface area contributed by atoms with Crippen LogP contribution in [0.1, 0.15) is 31.2 Å². The Bertz CT molecular complexity index is 419. The van der Waals surface area contributed by atoms with Gasteiger partial charge in [0.15, 0.2) is 5.96 Å². The summed E-state index contributed by atoms with van der Waals surface area (Å²) in [4.78, 5) is 4.27. The van der Waals surface area contributed by atoms with E-state index in [2.05, 4.69) is 46.0 Å². The second kappa shape index (κ2) is 7.90. The third-order valence-corrected chi connectivity index (χ3v) is 3.53. The summed E-state index contributed by atoms with van der Waals surface area (Å²) in [5.74, 6) is 1.52. The number of rotatable bonds is 7. The Morgan fingerprint density at radius 3 is 2.85 bits per heavy atom. The largest absolute Gasteiger partial charge is 0.382 e. The Morgan fingerprint density at radius 1 is 1.35 bits per heavy atom. The molecule has 1 saturated carbocycles. The Kier molecular flexibility index (Phi) is 5.87. The lowest BCUT2D eigenvalue weighted by Crippen LogP contribution is -2.39. The molecule has 2 atom stereocenters. The van der Waals surface area contributed by atoms with Crippen LogP contribution in [0.3, 0.4) is 0 Å². The van der Waals surface area contributed by atoms with Crippen LogP contribution < -0.4 is 10.6 Å². The van der Waals surface area contributed by atoms with E-state index in [1.54, 1.807) is 0 Å². The van der Waals surface area contributed by atoms with E-state index in [-0.39, 0.29) is 0 Å². The first kappa shape index (κ1) is 14.9. The first-order chi connectivity index (χ1) is 9.85. The second-order valence-corrected chi connectivity index (χ2v) is 5.05. The second-order valence-electron chi connectivity index (χ2n) is 5.05. The van der Waals surface area contributed by atoms with Gasteiger partial charge in [0, 0.05) is 38.8 Å². The number of hydrogen-bond acceptors (Lipinski definition) is 2. The summed E-state index contributed by atoms with van der Waals surface area (Å²) >= 11 is 0. The molecule has 1 aromatic rings. The Balaban J connectivity index is 1.68. The highest BCUT2D eigenvalue weighted by molar-refractivity contribution is 5.80. The average molecular weight is 275 g/mol. The molecule has 1 fully saturated rings. The SMILES string of the molecule is CCOCCCNC(=NC)NC1CC1c1ccccc1. The van der Waals surface area contributed by atoms with Crippen molar-refractivity contribution in [3.63, 3.8) is 0 Å². The van der Waals surface area contributed by atoms with Gasteiger partial charge in [0.05, 0.1) is 0 Å². The topological polar surface area (TPSA) is 45.6 Å². The van der Waals surface area contributed by atoms with Crippen molar-refractivity contribution in [1.29, 1.82) is 0 Å². The van der Waals surface area contributed by atoms with E-state index >= 15 is 0 Å². The molecule has 2 rings (SSSR count). The monoisotopic (exact) mass is 275 g/mol. The zero-order valence-electron chi connectivity index (χ0n) is 12.4. The smallest absolute Gasteiger partial charge is 0.191 e. The molecule has 110 valence electrons. The summed E-state index contributed by atoms with van der Waals surface area (Å²) in [6.45, 7) is 4.50. The lowest BCUT2D eigenvalue weighted by atomic mass is 10.1. The molecule has 0 amide bonds. The maximum Gasteiger partial charge on any atom is 0.191 e. The van der Waals surface area contributed by atoms with Gasteiger partial charge in [-0.25, -0.2) is 0 Å². The van der Waals surface area contributed by atoms with Gasteiger partial charge >= 0.3 is 0 Å². The van der Waals surface area contributed by atoms with Crippen LogP contribution in [0.2, 0.25) is 0 Å². The van der Waals surface area contributed by atoms with Gasteiger partial charge in [-0.15, -0.1) is 0 Å². The minimum atomic E-state index is 0.510. The minimum Gasteiger partial charge on any atom is -0.382 e. The van der Waals surface area contributed by atoms with Crippen molar-refractivity contribution in [2.75, 3.05) is 26.8 Å². The Morgan fingerprint density at radius 2 is 2.15 bits per heavy atom. The van der Waals surface area contributed by atoms with Crippen LogP contribution >= 0.6 is 0 Å². The van der Waals surface area contributed by atoms with Crippen LogP contribution in [-0.2, 0) is 4.74 Å². The van der Waals surface area contributed by atoms with E-state index in [9.17, 15) is 0 Å². The van der Waals surface area contributed by atoms with E-state index in [1.807, 2.05) is 14.0 Å². The fourth-order valence-electron chi connectivity index (χ4n) is 2.32. The fraction of sp³-hybridized carbons (Fsp3) is 0.562. The summed E-state index contributed by atoms with van der Waals surface area (Å²) in [5, 5.41) is 6.81. The quantitative estimate of drug-likeness (QED) is 0.455. The molecule has 0 spiro atoms. The van der Waals surface area contributed by atoms with Crippen molar-refractivity contribution < 1.29 is 4.74 Å². The molecule has 0 saturated heterocycles. The number of guanidine groups is 1. The van der Waals surface area contributed by atoms with Crippen molar-refractivity contribution in [3.8, 4) is 0 Å². The van der Waals surface area contributed by atoms with Crippen molar-refractivity contribution in [2.24, 2.45) is 4.99 Å². The van der Waals surface area contributed by atoms with Crippen LogP contribution in [-0.4, -0.2) is 38.8 Å². The molecular formula is C16H25N3O. The fourth-order valence-corrected chi connectivity index (χ4v) is 2.32. The molecule has 2 N–H and O–H groups in total. The number of aliphatic imine (C=N–C) groups is 1. The van der Waals surface area contributed by atoms with Gasteiger partial charge in [-0.3, -0.25) is 4.99 Å². The predicted molar refractivity (Wildman–Crippen MR) is 83.2 cm³/mol. The molecule has 4 heteroatoms. The van der Waals surface area contributed by atoms with Gasteiger partial charge in [0.1, 0.15) is 0 Å². The molecule has 0 bridgehead atoms. The van der Waals surface area contributed by atoms with Crippen LogP contribution in [0.15, 0.2) is 35.3 Å². The van der Waals surface area contributed by atoms with Gasteiger partial charge in [-0.05, 0) is 25.3 Å². The summed E-state index contributed by atoms with van der Waals surface area (Å²) in [6, 6.07) is 11.2. The third kappa shape index (κ3) is 4.53. The molecule has 0 aromatic heterocycles. The van der Waals surface area contributed by atoms with Crippen LogP contribution in [0.5, 0.6) is 0 Å². The molecule has 0 heterocycles. The molecule has 4 nitrogen and oxygen atoms in total. The molecule has 1 aliphatic carbocycles. The minimum absolute atomic E-state index is 0.510. The number of hydrogen-bond donors (Lipinski definition) is 2. The molecule has 0 aliphatic heterocycles. The highest BCUT2D eigenvalue weighted by Crippen LogP contribution is 2.40. The number of benzene rings is 1. The highest BCUT2D eigenvalue weighted by atomic mass is 16.5. The van der Waals surface area contributed by atoms with E-state index in [0.29, 0.717) is 12.0 Å². The van der Waals surface area contributed by atoms with Crippen LogP contribution in [0.25, 0.3) is 0 Å². The van der Waals surface area contributed by atoms with Crippen molar-refractivity contribution in [1.82, 2.24) is 10.6 Å². The normalized spacial score (nSPS) is 21.6. The molecule has 1 aliphatic rings. The predicted octanol–water partition coefficient (Wildman–Crippen LogP) is 2.13. The zero-order chi connectivity index (χ0) is 14.2. The lowest BCUT2D eigenvalue weighted by Gasteiger charge is -2.11. The van der Waals surface area contributed by atoms with Crippen LogP contribution in [0, 0.1) is 0 Å². The maximum absolute atomic E-state index is 5.32. The molecule has 2 unspecified atom stereocenters. The van der Waals surface area contributed by atoms with Crippen molar-refractivity contribution >= 4 is 5.96 Å². The first-order valence-electron chi connectivity index (χ1n) is 7.45. The van der Waals surface area contributed by atoms with Crippen LogP contribution in [0.4, 0.5) is 0 Å². The number of nitrogens with zero attached hydrogens (tertiary/aromatic N) is 1. The van der Waals surface area contributed by atoms with Gasteiger partial charge in [0.25, 0.3) is 0 Å². The number of ether oxygens (including phenoxy) is 1. The lowest BCUT2D eigenvalue weighted by molar-refractivity contribution is 0.145. The van der Waals surface area contributed by atoms with Crippen molar-refractivity contribution in [3.05, 3.63) is 35.9 Å². The standard InChI is InChI=1S/C16H25N3O/c1-3-20-11-7-10-18-16(17-2)19-15-12-14(15)13-8-5-4-6-9-13/h4-6,8-9,14-15H,3,7,10-12H2,1-2H3,(H2,17,18,19). The third-order valence-electron chi connectivity index (χ3n) is 3.53. The molecule has 20 heavy (non-hydrogen) atoms. The maximum atomic E-state index is 5.32. The molecule has 1 aromatic carbocycles. The molecular weight excluding hydrogens is 250 g/mol. The summed E-state index contributed by atoms with van der Waals surface area (Å²) in [7, 11) is 1.82. The molecule has 0 radical (unpaired) electrons. The zero-order valence-corrected chi connectivity index (χ0v) is 12.4. The average Bonchev–Trinajstić information content (AvgIpc) is 3.26. The van der Waals surface area contributed by atoms with E-state index in [0.717, 1.165) is 32.1 Å².